The number of rotatable bonds is 6. The van der Waals surface area contributed by atoms with Crippen molar-refractivity contribution in [2.45, 2.75) is 0 Å². The third-order valence-corrected chi connectivity index (χ3v) is 9.01. The first-order valence-corrected chi connectivity index (χ1v) is 16.1. The number of para-hydroxylation sites is 2. The van der Waals surface area contributed by atoms with Gasteiger partial charge in [-0.25, -0.2) is 0 Å². The maximum atomic E-state index is 9.41. The first-order valence-electron chi connectivity index (χ1n) is 18.1. The van der Waals surface area contributed by atoms with Crippen LogP contribution in [0, 0.1) is 0 Å². The molecule has 0 aliphatic heterocycles. The summed E-state index contributed by atoms with van der Waals surface area (Å²) in [6.45, 7) is 0. The van der Waals surface area contributed by atoms with Crippen LogP contribution in [0.1, 0.15) is 5.48 Å². The van der Waals surface area contributed by atoms with E-state index in [9.17, 15) is 5.48 Å². The summed E-state index contributed by atoms with van der Waals surface area (Å²) >= 11 is 0. The van der Waals surface area contributed by atoms with E-state index in [2.05, 4.69) is 53.1 Å². The first kappa shape index (κ1) is 23.9. The number of aromatic nitrogens is 1. The average molecular weight is 617 g/mol. The lowest BCUT2D eigenvalue weighted by molar-refractivity contribution is 1.19. The number of fused-ring (bicyclic) bond motifs is 4. The molecule has 0 bridgehead atoms. The molecule has 0 atom stereocenters. The second-order valence-electron chi connectivity index (χ2n) is 11.9. The zero-order valence-corrected chi connectivity index (χ0v) is 26.1. The lowest BCUT2D eigenvalue weighted by Crippen LogP contribution is -2.09. The van der Waals surface area contributed by atoms with Gasteiger partial charge in [-0.05, 0) is 99.7 Å². The van der Waals surface area contributed by atoms with Crippen LogP contribution in [0.4, 0.5) is 17.1 Å². The molecule has 48 heavy (non-hydrogen) atoms. The molecule has 0 aliphatic carbocycles. The standard InChI is InChI=1S/C46H32N2/c1-3-12-33(13-4-1)37-16-11-19-41(30-37)47(39-17-5-2-6-18-39)40-26-22-35(23-27-40)38-25-29-46-44(32-38)43-20-9-10-21-45(43)48(46)42-28-24-34-14-7-8-15-36(34)31-42/h1-32H/i22D,23D,26D,27D. The lowest BCUT2D eigenvalue weighted by Gasteiger charge is -2.26. The molecule has 0 spiro atoms. The Labute approximate surface area is 286 Å². The predicted molar refractivity (Wildman–Crippen MR) is 204 cm³/mol. The number of anilines is 3. The van der Waals surface area contributed by atoms with Gasteiger partial charge >= 0.3 is 0 Å². The van der Waals surface area contributed by atoms with E-state index in [1.165, 1.54) is 5.39 Å². The highest BCUT2D eigenvalue weighted by Gasteiger charge is 2.16. The molecule has 0 radical (unpaired) electrons. The van der Waals surface area contributed by atoms with E-state index >= 15 is 0 Å². The van der Waals surface area contributed by atoms with Gasteiger partial charge in [0, 0.05) is 33.5 Å². The van der Waals surface area contributed by atoms with E-state index in [1.807, 2.05) is 126 Å². The summed E-state index contributed by atoms with van der Waals surface area (Å²) in [4.78, 5) is 1.83. The summed E-state index contributed by atoms with van der Waals surface area (Å²) in [5.74, 6) is 0. The molecule has 226 valence electrons. The van der Waals surface area contributed by atoms with Crippen molar-refractivity contribution in [1.82, 2.24) is 4.57 Å². The van der Waals surface area contributed by atoms with Gasteiger partial charge in [0.1, 0.15) is 0 Å². The molecule has 1 heterocycles. The van der Waals surface area contributed by atoms with Gasteiger partial charge in [0.2, 0.25) is 0 Å². The van der Waals surface area contributed by atoms with E-state index in [-0.39, 0.29) is 35.4 Å². The van der Waals surface area contributed by atoms with E-state index in [4.69, 9.17) is 0 Å². The molecule has 0 unspecified atom stereocenters. The molecular weight excluding hydrogens is 581 g/mol. The van der Waals surface area contributed by atoms with E-state index in [1.54, 1.807) is 0 Å². The summed E-state index contributed by atoms with van der Waals surface area (Å²) < 4.78 is 39.8. The van der Waals surface area contributed by atoms with Crippen LogP contribution in [-0.4, -0.2) is 4.57 Å². The van der Waals surface area contributed by atoms with Crippen molar-refractivity contribution in [3.63, 3.8) is 0 Å². The number of hydrogen-bond acceptors (Lipinski definition) is 1. The highest BCUT2D eigenvalue weighted by molar-refractivity contribution is 6.10. The molecule has 0 aliphatic rings. The maximum absolute atomic E-state index is 9.41. The topological polar surface area (TPSA) is 8.17 Å². The van der Waals surface area contributed by atoms with Crippen LogP contribution >= 0.6 is 0 Å². The van der Waals surface area contributed by atoms with Gasteiger partial charge < -0.3 is 9.47 Å². The molecule has 9 aromatic rings. The molecule has 0 saturated heterocycles. The highest BCUT2D eigenvalue weighted by atomic mass is 15.1. The Balaban J connectivity index is 1.22. The van der Waals surface area contributed by atoms with Gasteiger partial charge in [-0.3, -0.25) is 0 Å². The van der Waals surface area contributed by atoms with Crippen LogP contribution in [0.3, 0.4) is 0 Å². The third-order valence-electron chi connectivity index (χ3n) is 9.01. The fourth-order valence-corrected chi connectivity index (χ4v) is 6.72. The largest absolute Gasteiger partial charge is 0.310 e. The van der Waals surface area contributed by atoms with Crippen LogP contribution in [0.25, 0.3) is 60.5 Å². The van der Waals surface area contributed by atoms with Gasteiger partial charge in [-0.1, -0.05) is 127 Å². The minimum absolute atomic E-state index is 0.0891. The number of hydrogen-bond donors (Lipinski definition) is 0. The molecule has 0 fully saturated rings. The van der Waals surface area contributed by atoms with Gasteiger partial charge in [0.15, 0.2) is 0 Å². The highest BCUT2D eigenvalue weighted by Crippen LogP contribution is 2.39. The first-order chi connectivity index (χ1) is 25.5. The van der Waals surface area contributed by atoms with Crippen LogP contribution in [-0.2, 0) is 0 Å². The van der Waals surface area contributed by atoms with Crippen LogP contribution < -0.4 is 4.90 Å². The monoisotopic (exact) mass is 616 g/mol. The van der Waals surface area contributed by atoms with E-state index in [0.29, 0.717) is 5.56 Å². The molecule has 1 aromatic heterocycles. The minimum atomic E-state index is -0.108. The zero-order chi connectivity index (χ0) is 35.3. The second kappa shape index (κ2) is 11.8. The van der Waals surface area contributed by atoms with Crippen molar-refractivity contribution in [1.29, 1.82) is 0 Å². The Kier molecular flexibility index (Phi) is 5.85. The predicted octanol–water partition coefficient (Wildman–Crippen LogP) is 12.7. The Bertz CT molecular complexity index is 2760. The normalized spacial score (nSPS) is 12.5. The molecule has 0 amide bonds. The van der Waals surface area contributed by atoms with Crippen molar-refractivity contribution in [3.8, 4) is 27.9 Å². The minimum Gasteiger partial charge on any atom is -0.310 e. The summed E-state index contributed by atoms with van der Waals surface area (Å²) in [6, 6.07) is 56.3. The van der Waals surface area contributed by atoms with E-state index < -0.39 is 0 Å². The Morgan fingerprint density at radius 1 is 0.375 bits per heavy atom. The fraction of sp³-hybridized carbons (Fsp3) is 0. The Morgan fingerprint density at radius 3 is 1.85 bits per heavy atom. The summed E-state index contributed by atoms with van der Waals surface area (Å²) in [6.07, 6.45) is 0. The molecule has 0 saturated carbocycles. The second-order valence-corrected chi connectivity index (χ2v) is 11.9. The van der Waals surface area contributed by atoms with Gasteiger partial charge in [-0.2, -0.15) is 0 Å². The summed E-state index contributed by atoms with van der Waals surface area (Å²) in [5.41, 5.74) is 7.72. The van der Waals surface area contributed by atoms with Gasteiger partial charge in [-0.15, -0.1) is 0 Å². The molecule has 9 rings (SSSR count). The summed E-state index contributed by atoms with van der Waals surface area (Å²) in [7, 11) is 0. The molecule has 2 heteroatoms. The number of nitrogens with zero attached hydrogens (tertiary/aromatic N) is 2. The van der Waals surface area contributed by atoms with Gasteiger partial charge in [0.05, 0.1) is 16.5 Å². The smallest absolute Gasteiger partial charge is 0.0645 e. The van der Waals surface area contributed by atoms with Crippen molar-refractivity contribution in [3.05, 3.63) is 194 Å². The van der Waals surface area contributed by atoms with Crippen LogP contribution in [0.15, 0.2) is 194 Å². The lowest BCUT2D eigenvalue weighted by atomic mass is 10.0. The van der Waals surface area contributed by atoms with Crippen LogP contribution in [0.2, 0.25) is 0 Å². The third kappa shape index (κ3) is 4.92. The van der Waals surface area contributed by atoms with E-state index in [0.717, 1.165) is 55.4 Å². The van der Waals surface area contributed by atoms with Crippen LogP contribution in [0.5, 0.6) is 0 Å². The molecule has 2 nitrogen and oxygen atoms in total. The fourth-order valence-electron chi connectivity index (χ4n) is 6.72. The molecule has 0 N–H and O–H groups in total. The van der Waals surface area contributed by atoms with Crippen molar-refractivity contribution >= 4 is 49.6 Å². The SMILES string of the molecule is [2H]c1c([2H])c(N(c2ccccc2)c2cccc(-c3ccccc3)c2)c([2H])c([2H])c1-c1ccc2c(c1)c1ccccc1n2-c1ccc2ccccc2c1. The molecule has 8 aromatic carbocycles. The Hall–Kier alpha value is -6.38. The Morgan fingerprint density at radius 2 is 1.02 bits per heavy atom. The quantitative estimate of drug-likeness (QED) is 0.180. The van der Waals surface area contributed by atoms with Crippen molar-refractivity contribution in [2.75, 3.05) is 4.90 Å². The number of benzene rings is 8. The zero-order valence-electron chi connectivity index (χ0n) is 30.1. The van der Waals surface area contributed by atoms with Gasteiger partial charge in [0.25, 0.3) is 0 Å². The summed E-state index contributed by atoms with van der Waals surface area (Å²) in [5, 5.41) is 4.36. The average Bonchev–Trinajstić information content (AvgIpc) is 3.53. The van der Waals surface area contributed by atoms with Crippen molar-refractivity contribution in [2.24, 2.45) is 0 Å². The maximum Gasteiger partial charge on any atom is 0.0645 e. The van der Waals surface area contributed by atoms with Crippen molar-refractivity contribution < 1.29 is 5.48 Å². The molecular formula is C46H32N2.